The fraction of sp³-hybridized carbons (Fsp3) is 0.368. The van der Waals surface area contributed by atoms with Crippen LogP contribution in [0.5, 0.6) is 17.4 Å². The number of rotatable bonds is 4. The van der Waals surface area contributed by atoms with Gasteiger partial charge in [-0.25, -0.2) is 0 Å². The number of benzene rings is 1. The number of nitrogens with one attached hydrogen (secondary N) is 1. The highest BCUT2D eigenvalue weighted by Gasteiger charge is 2.37. The van der Waals surface area contributed by atoms with Crippen molar-refractivity contribution in [3.63, 3.8) is 0 Å². The van der Waals surface area contributed by atoms with Gasteiger partial charge in [-0.15, -0.1) is 5.10 Å². The molecular weight excluding hydrogens is 378 g/mol. The van der Waals surface area contributed by atoms with E-state index in [0.717, 1.165) is 5.69 Å². The van der Waals surface area contributed by atoms with Crippen LogP contribution in [0.25, 0.3) is 0 Å². The molecule has 1 unspecified atom stereocenters. The summed E-state index contributed by atoms with van der Waals surface area (Å²) in [5.74, 6) is -1.37. The summed E-state index contributed by atoms with van der Waals surface area (Å²) in [6.07, 6.45) is 0.588. The van der Waals surface area contributed by atoms with Crippen molar-refractivity contribution in [2.75, 3.05) is 7.11 Å². The molecule has 1 aliphatic heterocycles. The van der Waals surface area contributed by atoms with Gasteiger partial charge in [-0.3, -0.25) is 15.2 Å². The maximum Gasteiger partial charge on any atom is 0.314 e. The molecule has 0 aliphatic carbocycles. The number of allylic oxidation sites excluding steroid dienone is 1. The van der Waals surface area contributed by atoms with Gasteiger partial charge < -0.3 is 20.3 Å². The number of nitriles is 1. The minimum atomic E-state index is -0.770. The lowest BCUT2D eigenvalue weighted by atomic mass is 9.80. The molecule has 29 heavy (non-hydrogen) atoms. The van der Waals surface area contributed by atoms with Gasteiger partial charge in [0.2, 0.25) is 17.5 Å². The Balaban J connectivity index is 2.29. The van der Waals surface area contributed by atoms with Crippen LogP contribution in [-0.4, -0.2) is 27.3 Å². The van der Waals surface area contributed by atoms with Gasteiger partial charge in [0, 0.05) is 17.3 Å². The van der Waals surface area contributed by atoms with Crippen LogP contribution in [0.1, 0.15) is 43.5 Å². The second kappa shape index (κ2) is 7.01. The number of fused-ring (bicyclic) bond motifs is 1. The number of nitrogens with zero attached hydrogens (tertiary/aromatic N) is 3. The summed E-state index contributed by atoms with van der Waals surface area (Å²) in [6.45, 7) is 6.13. The van der Waals surface area contributed by atoms with Crippen molar-refractivity contribution in [3.8, 4) is 23.4 Å². The monoisotopic (exact) mass is 399 g/mol. The Kier molecular flexibility index (Phi) is 4.84. The Morgan fingerprint density at radius 3 is 2.72 bits per heavy atom. The summed E-state index contributed by atoms with van der Waals surface area (Å²) in [5.41, 5.74) is 7.04. The lowest BCUT2D eigenvalue weighted by Crippen LogP contribution is -2.22. The third kappa shape index (κ3) is 3.54. The number of ether oxygens (including phenoxy) is 2. The summed E-state index contributed by atoms with van der Waals surface area (Å²) in [7, 11) is 1.29. The molecule has 3 rings (SSSR count). The zero-order valence-electron chi connectivity index (χ0n) is 16.4. The highest BCUT2D eigenvalue weighted by atomic mass is 16.6. The molecule has 0 fully saturated rings. The molecule has 1 atom stereocenters. The standard InChI is InChI=1S/C19H21N5O5/c1-19(2,3)7-11-15-14(10(8-20)17(21)29-18(15)23-22-11)9-5-12(24(26)27)16(25)13(6-9)28-4/h5-6,14,25H,7,21H2,1-4H3,(H,22,23). The number of hydrogen-bond donors (Lipinski definition) is 3. The number of nitro benzene ring substituents is 1. The summed E-state index contributed by atoms with van der Waals surface area (Å²) < 4.78 is 10.6. The molecule has 0 saturated carbocycles. The van der Waals surface area contributed by atoms with E-state index in [1.165, 1.54) is 19.2 Å². The van der Waals surface area contributed by atoms with Crippen LogP contribution in [0.4, 0.5) is 5.69 Å². The smallest absolute Gasteiger partial charge is 0.314 e. The van der Waals surface area contributed by atoms with Gasteiger partial charge in [0.25, 0.3) is 0 Å². The largest absolute Gasteiger partial charge is 0.500 e. The number of H-pyrrole nitrogens is 1. The lowest BCUT2D eigenvalue weighted by molar-refractivity contribution is -0.386. The Labute approximate surface area is 166 Å². The number of aromatic hydroxyl groups is 1. The first-order chi connectivity index (χ1) is 13.6. The van der Waals surface area contributed by atoms with Gasteiger partial charge in [0.05, 0.1) is 18.0 Å². The molecule has 10 nitrogen and oxygen atoms in total. The molecule has 0 amide bonds. The van der Waals surface area contributed by atoms with Crippen molar-refractivity contribution in [2.45, 2.75) is 33.1 Å². The number of nitrogens with two attached hydrogens (primary N) is 1. The Bertz CT molecular complexity index is 1060. The lowest BCUT2D eigenvalue weighted by Gasteiger charge is -2.26. The molecule has 0 spiro atoms. The van der Waals surface area contributed by atoms with Crippen molar-refractivity contribution in [1.29, 1.82) is 5.26 Å². The fourth-order valence-corrected chi connectivity index (χ4v) is 3.38. The van der Waals surface area contributed by atoms with Gasteiger partial charge in [-0.2, -0.15) is 5.26 Å². The van der Waals surface area contributed by atoms with Crippen LogP contribution in [0, 0.1) is 26.9 Å². The van der Waals surface area contributed by atoms with Crippen molar-refractivity contribution < 1.29 is 19.5 Å². The van der Waals surface area contributed by atoms with Crippen LogP contribution < -0.4 is 15.2 Å². The molecule has 0 saturated heterocycles. The highest BCUT2D eigenvalue weighted by Crippen LogP contribution is 2.47. The number of phenolic OH excluding ortho intramolecular Hbond substituents is 1. The van der Waals surface area contributed by atoms with Crippen LogP contribution in [0.3, 0.4) is 0 Å². The van der Waals surface area contributed by atoms with E-state index in [1.807, 2.05) is 26.8 Å². The van der Waals surface area contributed by atoms with E-state index in [1.54, 1.807) is 0 Å². The quantitative estimate of drug-likeness (QED) is 0.522. The van der Waals surface area contributed by atoms with E-state index in [4.69, 9.17) is 15.2 Å². The molecule has 1 aromatic heterocycles. The zero-order valence-corrected chi connectivity index (χ0v) is 16.4. The average Bonchev–Trinajstić information content (AvgIpc) is 3.00. The van der Waals surface area contributed by atoms with E-state index >= 15 is 0 Å². The third-order valence-corrected chi connectivity index (χ3v) is 4.55. The number of hydrogen-bond acceptors (Lipinski definition) is 8. The van der Waals surface area contributed by atoms with Crippen molar-refractivity contribution >= 4 is 5.69 Å². The molecule has 1 aromatic carbocycles. The van der Waals surface area contributed by atoms with E-state index < -0.39 is 22.3 Å². The van der Waals surface area contributed by atoms with Gasteiger partial charge in [0.15, 0.2) is 5.75 Å². The number of aromatic nitrogens is 2. The predicted molar refractivity (Wildman–Crippen MR) is 102 cm³/mol. The first-order valence-corrected chi connectivity index (χ1v) is 8.77. The Morgan fingerprint density at radius 2 is 2.17 bits per heavy atom. The maximum absolute atomic E-state index is 11.4. The van der Waals surface area contributed by atoms with Crippen LogP contribution in [-0.2, 0) is 6.42 Å². The molecule has 10 heteroatoms. The Morgan fingerprint density at radius 1 is 1.48 bits per heavy atom. The molecule has 1 aliphatic rings. The topological polar surface area (TPSA) is 160 Å². The molecular formula is C19H21N5O5. The fourth-order valence-electron chi connectivity index (χ4n) is 3.38. The number of phenols is 1. The summed E-state index contributed by atoms with van der Waals surface area (Å²) in [5, 5.41) is 38.4. The highest BCUT2D eigenvalue weighted by molar-refractivity contribution is 5.63. The van der Waals surface area contributed by atoms with Crippen LogP contribution in [0.2, 0.25) is 0 Å². The molecule has 2 aromatic rings. The molecule has 0 radical (unpaired) electrons. The maximum atomic E-state index is 11.4. The third-order valence-electron chi connectivity index (χ3n) is 4.55. The van der Waals surface area contributed by atoms with E-state index in [0.29, 0.717) is 17.5 Å². The Hall–Kier alpha value is -3.74. The summed E-state index contributed by atoms with van der Waals surface area (Å²) in [4.78, 5) is 10.7. The van der Waals surface area contributed by atoms with Crippen molar-refractivity contribution in [2.24, 2.45) is 11.1 Å². The number of nitro groups is 1. The molecule has 0 bridgehead atoms. The van der Waals surface area contributed by atoms with Gasteiger partial charge in [-0.1, -0.05) is 20.8 Å². The van der Waals surface area contributed by atoms with Crippen LogP contribution >= 0.6 is 0 Å². The minimum absolute atomic E-state index is 0.0843. The minimum Gasteiger partial charge on any atom is -0.500 e. The molecule has 152 valence electrons. The normalized spacial score (nSPS) is 16.0. The van der Waals surface area contributed by atoms with E-state index in [9.17, 15) is 20.5 Å². The second-order valence-electron chi connectivity index (χ2n) is 7.93. The van der Waals surface area contributed by atoms with Crippen LogP contribution in [0.15, 0.2) is 23.6 Å². The summed E-state index contributed by atoms with van der Waals surface area (Å²) in [6, 6.07) is 4.69. The zero-order chi connectivity index (χ0) is 21.5. The predicted octanol–water partition coefficient (Wildman–Crippen LogP) is 2.84. The second-order valence-corrected chi connectivity index (χ2v) is 7.93. The van der Waals surface area contributed by atoms with Gasteiger partial charge in [0.1, 0.15) is 11.6 Å². The first kappa shape index (κ1) is 20.0. The number of aromatic amines is 1. The van der Waals surface area contributed by atoms with Crippen molar-refractivity contribution in [3.05, 3.63) is 50.5 Å². The SMILES string of the molecule is COc1cc(C2C(C#N)=C(N)Oc3n[nH]c(CC(C)(C)C)c32)cc([N+](=O)[O-])c1O. The van der Waals surface area contributed by atoms with Gasteiger partial charge >= 0.3 is 5.69 Å². The van der Waals surface area contributed by atoms with Gasteiger partial charge in [-0.05, 0) is 23.5 Å². The molecule has 4 N–H and O–H groups in total. The van der Waals surface area contributed by atoms with E-state index in [-0.39, 0.29) is 28.5 Å². The summed E-state index contributed by atoms with van der Waals surface area (Å²) >= 11 is 0. The first-order valence-electron chi connectivity index (χ1n) is 8.77. The average molecular weight is 399 g/mol. The number of methoxy groups -OCH3 is 1. The van der Waals surface area contributed by atoms with Crippen molar-refractivity contribution in [1.82, 2.24) is 10.2 Å². The van der Waals surface area contributed by atoms with E-state index in [2.05, 4.69) is 10.2 Å². The molecule has 2 heterocycles.